The first-order valence-electron chi connectivity index (χ1n) is 9.31. The number of amides is 2. The lowest BCUT2D eigenvalue weighted by Crippen LogP contribution is -2.25. The molecule has 1 heterocycles. The van der Waals surface area contributed by atoms with Gasteiger partial charge >= 0.3 is 5.63 Å². The highest BCUT2D eigenvalue weighted by atomic mass is 16.5. The van der Waals surface area contributed by atoms with Gasteiger partial charge in [-0.3, -0.25) is 9.59 Å². The lowest BCUT2D eigenvalue weighted by Gasteiger charge is -2.12. The van der Waals surface area contributed by atoms with Gasteiger partial charge in [0.2, 0.25) is 0 Å². The molecule has 0 saturated carbocycles. The Hall–Kier alpha value is -3.61. The van der Waals surface area contributed by atoms with Crippen molar-refractivity contribution >= 4 is 28.5 Å². The number of carbonyl (C=O) groups is 2. The minimum absolute atomic E-state index is 0.184. The summed E-state index contributed by atoms with van der Waals surface area (Å²) < 4.78 is 10.6. The summed E-state index contributed by atoms with van der Waals surface area (Å²) in [5, 5.41) is 6.33. The molecule has 2 amide bonds. The van der Waals surface area contributed by atoms with Crippen LogP contribution in [0.3, 0.4) is 0 Å². The minimum Gasteiger partial charge on any atom is -0.484 e. The van der Waals surface area contributed by atoms with E-state index in [1.807, 2.05) is 13.8 Å². The number of nitrogens with one attached hydrogen (secondary N) is 2. The maximum absolute atomic E-state index is 12.3. The fourth-order valence-corrected chi connectivity index (χ4v) is 2.70. The molecule has 1 aromatic heterocycles. The van der Waals surface area contributed by atoms with Crippen molar-refractivity contribution in [2.24, 2.45) is 0 Å². The van der Waals surface area contributed by atoms with E-state index in [0.717, 1.165) is 17.4 Å². The van der Waals surface area contributed by atoms with Gasteiger partial charge < -0.3 is 19.8 Å². The molecule has 0 aliphatic heterocycles. The summed E-state index contributed by atoms with van der Waals surface area (Å²) in [6.45, 7) is 4.18. The van der Waals surface area contributed by atoms with Gasteiger partial charge in [0, 0.05) is 35.3 Å². The van der Waals surface area contributed by atoms with Crippen LogP contribution in [0.4, 0.5) is 5.69 Å². The first kappa shape index (κ1) is 20.1. The van der Waals surface area contributed by atoms with E-state index in [0.29, 0.717) is 29.1 Å². The summed E-state index contributed by atoms with van der Waals surface area (Å²) >= 11 is 0. The van der Waals surface area contributed by atoms with Crippen molar-refractivity contribution in [3.63, 3.8) is 0 Å². The number of benzene rings is 2. The zero-order chi connectivity index (χ0) is 20.8. The van der Waals surface area contributed by atoms with Crippen LogP contribution in [0.1, 0.15) is 29.3 Å². The average molecular weight is 394 g/mol. The smallest absolute Gasteiger partial charge is 0.336 e. The normalized spacial score (nSPS) is 10.6. The van der Waals surface area contributed by atoms with Gasteiger partial charge in [0.25, 0.3) is 11.8 Å². The van der Waals surface area contributed by atoms with Crippen LogP contribution in [0.15, 0.2) is 57.7 Å². The third kappa shape index (κ3) is 5.22. The molecule has 0 saturated heterocycles. The van der Waals surface area contributed by atoms with Crippen LogP contribution in [0.5, 0.6) is 5.75 Å². The first-order valence-corrected chi connectivity index (χ1v) is 9.31. The Bertz CT molecular complexity index is 1100. The van der Waals surface area contributed by atoms with Crippen molar-refractivity contribution in [3.05, 3.63) is 70.1 Å². The van der Waals surface area contributed by atoms with Gasteiger partial charge in [-0.2, -0.15) is 0 Å². The number of aryl methyl sites for hydroxylation is 1. The molecule has 3 rings (SSSR count). The summed E-state index contributed by atoms with van der Waals surface area (Å²) in [6.07, 6.45) is 0.844. The maximum Gasteiger partial charge on any atom is 0.336 e. The van der Waals surface area contributed by atoms with E-state index in [2.05, 4.69) is 10.6 Å². The standard InChI is InChI=1S/C22H22N2O5/c1-3-10-23-22(27)16-5-4-14(2)18(11-16)24-20(25)13-28-17-8-6-15-7-9-21(26)29-19(15)12-17/h4-9,11-12H,3,10,13H2,1-2H3,(H,23,27)(H,24,25). The second-order valence-electron chi connectivity index (χ2n) is 6.58. The van der Waals surface area contributed by atoms with Crippen LogP contribution in [0.2, 0.25) is 0 Å². The second-order valence-corrected chi connectivity index (χ2v) is 6.58. The van der Waals surface area contributed by atoms with Crippen LogP contribution in [0, 0.1) is 6.92 Å². The summed E-state index contributed by atoms with van der Waals surface area (Å²) in [6, 6.07) is 13.1. The Balaban J connectivity index is 1.64. The van der Waals surface area contributed by atoms with Crippen molar-refractivity contribution in [1.29, 1.82) is 0 Å². The molecular formula is C22H22N2O5. The Morgan fingerprint density at radius 3 is 2.66 bits per heavy atom. The number of fused-ring (bicyclic) bond motifs is 1. The van der Waals surface area contributed by atoms with Crippen LogP contribution in [0.25, 0.3) is 11.0 Å². The van der Waals surface area contributed by atoms with E-state index in [1.54, 1.807) is 42.5 Å². The molecule has 7 nitrogen and oxygen atoms in total. The summed E-state index contributed by atoms with van der Waals surface area (Å²) in [5.41, 5.74) is 1.79. The van der Waals surface area contributed by atoms with Crippen molar-refractivity contribution in [2.75, 3.05) is 18.5 Å². The van der Waals surface area contributed by atoms with Crippen molar-refractivity contribution in [2.45, 2.75) is 20.3 Å². The van der Waals surface area contributed by atoms with Gasteiger partial charge in [-0.1, -0.05) is 13.0 Å². The molecule has 0 fully saturated rings. The van der Waals surface area contributed by atoms with Crippen LogP contribution in [-0.2, 0) is 4.79 Å². The van der Waals surface area contributed by atoms with Crippen LogP contribution in [-0.4, -0.2) is 25.0 Å². The molecule has 3 aromatic rings. The third-order valence-corrected chi connectivity index (χ3v) is 4.27. The molecular weight excluding hydrogens is 372 g/mol. The van der Waals surface area contributed by atoms with Gasteiger partial charge in [0.1, 0.15) is 11.3 Å². The molecule has 29 heavy (non-hydrogen) atoms. The van der Waals surface area contributed by atoms with Gasteiger partial charge in [-0.25, -0.2) is 4.79 Å². The Morgan fingerprint density at radius 2 is 1.86 bits per heavy atom. The van der Waals surface area contributed by atoms with E-state index in [4.69, 9.17) is 9.15 Å². The fraction of sp³-hybridized carbons (Fsp3) is 0.227. The summed E-state index contributed by atoms with van der Waals surface area (Å²) in [4.78, 5) is 35.7. The van der Waals surface area contributed by atoms with Crippen LogP contribution >= 0.6 is 0 Å². The van der Waals surface area contributed by atoms with E-state index < -0.39 is 5.63 Å². The number of rotatable bonds is 7. The highest BCUT2D eigenvalue weighted by molar-refractivity contribution is 5.98. The minimum atomic E-state index is -0.453. The van der Waals surface area contributed by atoms with Crippen molar-refractivity contribution < 1.29 is 18.7 Å². The van der Waals surface area contributed by atoms with Gasteiger partial charge in [-0.05, 0) is 49.2 Å². The molecule has 7 heteroatoms. The Morgan fingerprint density at radius 1 is 1.07 bits per heavy atom. The zero-order valence-electron chi connectivity index (χ0n) is 16.3. The van der Waals surface area contributed by atoms with Crippen molar-refractivity contribution in [3.8, 4) is 5.75 Å². The molecule has 0 radical (unpaired) electrons. The number of anilines is 1. The number of ether oxygens (including phenoxy) is 1. The van der Waals surface area contributed by atoms with E-state index in [-0.39, 0.29) is 18.4 Å². The lowest BCUT2D eigenvalue weighted by molar-refractivity contribution is -0.118. The van der Waals surface area contributed by atoms with E-state index >= 15 is 0 Å². The molecule has 0 aliphatic carbocycles. The highest BCUT2D eigenvalue weighted by Crippen LogP contribution is 2.20. The third-order valence-electron chi connectivity index (χ3n) is 4.27. The fourth-order valence-electron chi connectivity index (χ4n) is 2.70. The second kappa shape index (κ2) is 9.05. The van der Waals surface area contributed by atoms with E-state index in [9.17, 15) is 14.4 Å². The largest absolute Gasteiger partial charge is 0.484 e. The van der Waals surface area contributed by atoms with Gasteiger partial charge in [0.15, 0.2) is 6.61 Å². The maximum atomic E-state index is 12.3. The molecule has 0 unspecified atom stereocenters. The first-order chi connectivity index (χ1) is 14.0. The highest BCUT2D eigenvalue weighted by Gasteiger charge is 2.11. The molecule has 0 spiro atoms. The zero-order valence-corrected chi connectivity index (χ0v) is 16.3. The van der Waals surface area contributed by atoms with E-state index in [1.165, 1.54) is 6.07 Å². The van der Waals surface area contributed by atoms with Gasteiger partial charge in [-0.15, -0.1) is 0 Å². The predicted molar refractivity (Wildman–Crippen MR) is 110 cm³/mol. The van der Waals surface area contributed by atoms with Crippen molar-refractivity contribution in [1.82, 2.24) is 5.32 Å². The summed E-state index contributed by atoms with van der Waals surface area (Å²) in [7, 11) is 0. The molecule has 0 atom stereocenters. The Labute approximate surface area is 167 Å². The Kier molecular flexibility index (Phi) is 6.29. The number of carbonyl (C=O) groups excluding carboxylic acids is 2. The molecule has 2 aromatic carbocycles. The quantitative estimate of drug-likeness (QED) is 0.600. The lowest BCUT2D eigenvalue weighted by atomic mass is 10.1. The summed E-state index contributed by atoms with van der Waals surface area (Å²) in [5.74, 6) is -0.142. The molecule has 0 aliphatic rings. The predicted octanol–water partition coefficient (Wildman–Crippen LogP) is 3.26. The van der Waals surface area contributed by atoms with Crippen LogP contribution < -0.4 is 21.0 Å². The SMILES string of the molecule is CCCNC(=O)c1ccc(C)c(NC(=O)COc2ccc3ccc(=O)oc3c2)c1. The molecule has 0 bridgehead atoms. The monoisotopic (exact) mass is 394 g/mol. The van der Waals surface area contributed by atoms with Gasteiger partial charge in [0.05, 0.1) is 0 Å². The molecule has 150 valence electrons. The number of hydrogen-bond acceptors (Lipinski definition) is 5. The number of hydrogen-bond donors (Lipinski definition) is 2. The average Bonchev–Trinajstić information content (AvgIpc) is 2.71. The topological polar surface area (TPSA) is 97.6 Å². The molecule has 2 N–H and O–H groups in total.